The van der Waals surface area contributed by atoms with Crippen LogP contribution in [-0.2, 0) is 5.41 Å². The summed E-state index contributed by atoms with van der Waals surface area (Å²) in [6.45, 7) is 8.43. The fourth-order valence-electron chi connectivity index (χ4n) is 4.74. The normalized spacial score (nSPS) is 16.7. The van der Waals surface area contributed by atoms with Gasteiger partial charge in [-0.2, -0.15) is 0 Å². The van der Waals surface area contributed by atoms with Gasteiger partial charge in [-0.25, -0.2) is 13.6 Å². The number of para-hydroxylation sites is 1. The quantitative estimate of drug-likeness (QED) is 0.415. The summed E-state index contributed by atoms with van der Waals surface area (Å²) in [7, 11) is 0. The lowest BCUT2D eigenvalue weighted by atomic mass is 9.87. The average Bonchev–Trinajstić information content (AvgIpc) is 3.48. The maximum Gasteiger partial charge on any atom is 0.319 e. The van der Waals surface area contributed by atoms with Crippen molar-refractivity contribution in [3.63, 3.8) is 0 Å². The molecule has 1 atom stereocenters. The fraction of sp³-hybridized carbons (Fsp3) is 0.321. The van der Waals surface area contributed by atoms with Crippen molar-refractivity contribution in [1.29, 1.82) is 0 Å². The van der Waals surface area contributed by atoms with Crippen molar-refractivity contribution in [1.82, 2.24) is 5.32 Å². The molecule has 2 N–H and O–H groups in total. The predicted molar refractivity (Wildman–Crippen MR) is 129 cm³/mol. The van der Waals surface area contributed by atoms with Crippen molar-refractivity contribution in [3.8, 4) is 0 Å². The molecule has 3 aromatic rings. The van der Waals surface area contributed by atoms with E-state index in [0.29, 0.717) is 6.42 Å². The number of nitrogens with one attached hydrogen (secondary N) is 2. The highest BCUT2D eigenvalue weighted by Crippen LogP contribution is 2.53. The van der Waals surface area contributed by atoms with E-state index in [9.17, 15) is 13.6 Å². The Bertz CT molecular complexity index is 1070. The number of urea groups is 1. The molecule has 1 saturated carbocycles. The zero-order chi connectivity index (χ0) is 23.8. The van der Waals surface area contributed by atoms with Crippen LogP contribution in [0.4, 0.5) is 19.3 Å². The van der Waals surface area contributed by atoms with Crippen LogP contribution in [0.2, 0.25) is 0 Å². The van der Waals surface area contributed by atoms with E-state index in [2.05, 4.69) is 38.3 Å². The Morgan fingerprint density at radius 2 is 1.27 bits per heavy atom. The molecule has 0 spiro atoms. The standard InChI is InChI=1S/C28H30F2N2O/c1-17(2)23-6-5-7-24(18(3)4)26(23)32-27(33)31-25-16-28(25,19-8-12-21(29)13-9-19)20-10-14-22(30)15-11-20/h5-15,17-18,25H,16H2,1-4H3,(H2,31,32,33). The Kier molecular flexibility index (Phi) is 6.24. The minimum Gasteiger partial charge on any atom is -0.334 e. The van der Waals surface area contributed by atoms with Gasteiger partial charge in [0.05, 0.1) is 0 Å². The summed E-state index contributed by atoms with van der Waals surface area (Å²) in [6, 6.07) is 18.3. The zero-order valence-corrected chi connectivity index (χ0v) is 19.5. The van der Waals surface area contributed by atoms with Gasteiger partial charge in [0.1, 0.15) is 11.6 Å². The molecule has 33 heavy (non-hydrogen) atoms. The van der Waals surface area contributed by atoms with E-state index >= 15 is 0 Å². The van der Waals surface area contributed by atoms with Crippen molar-refractivity contribution in [3.05, 3.63) is 101 Å². The minimum atomic E-state index is -0.517. The van der Waals surface area contributed by atoms with Crippen LogP contribution in [0.1, 0.15) is 68.2 Å². The average molecular weight is 449 g/mol. The summed E-state index contributed by atoms with van der Waals surface area (Å²) < 4.78 is 27.2. The van der Waals surface area contributed by atoms with E-state index < -0.39 is 5.41 Å². The van der Waals surface area contributed by atoms with Crippen molar-refractivity contribution in [2.45, 2.75) is 57.4 Å². The van der Waals surface area contributed by atoms with Crippen molar-refractivity contribution < 1.29 is 13.6 Å². The highest BCUT2D eigenvalue weighted by molar-refractivity contribution is 5.92. The molecular formula is C28H30F2N2O. The van der Waals surface area contributed by atoms with Gasteiger partial charge in [0.15, 0.2) is 0 Å². The summed E-state index contributed by atoms with van der Waals surface area (Å²) in [4.78, 5) is 13.1. The number of anilines is 1. The Morgan fingerprint density at radius 1 is 0.818 bits per heavy atom. The maximum atomic E-state index is 13.6. The first-order chi connectivity index (χ1) is 15.7. The fourth-order valence-corrected chi connectivity index (χ4v) is 4.74. The number of halogens is 2. The van der Waals surface area contributed by atoms with Crippen molar-refractivity contribution in [2.75, 3.05) is 5.32 Å². The van der Waals surface area contributed by atoms with Crippen LogP contribution in [0.3, 0.4) is 0 Å². The van der Waals surface area contributed by atoms with Crippen LogP contribution >= 0.6 is 0 Å². The third-order valence-corrected chi connectivity index (χ3v) is 6.60. The van der Waals surface area contributed by atoms with Gasteiger partial charge in [-0.15, -0.1) is 0 Å². The lowest BCUT2D eigenvalue weighted by Crippen LogP contribution is -2.35. The smallest absolute Gasteiger partial charge is 0.319 e. The molecule has 0 saturated heterocycles. The molecule has 4 rings (SSSR count). The van der Waals surface area contributed by atoms with E-state index in [1.807, 2.05) is 18.2 Å². The largest absolute Gasteiger partial charge is 0.334 e. The van der Waals surface area contributed by atoms with Crippen LogP contribution in [0.25, 0.3) is 0 Å². The Morgan fingerprint density at radius 3 is 1.70 bits per heavy atom. The second-order valence-corrected chi connectivity index (χ2v) is 9.46. The first-order valence-electron chi connectivity index (χ1n) is 11.4. The second-order valence-electron chi connectivity index (χ2n) is 9.46. The number of amides is 2. The van der Waals surface area contributed by atoms with Crippen molar-refractivity contribution in [2.24, 2.45) is 0 Å². The molecule has 0 bridgehead atoms. The van der Waals surface area contributed by atoms with E-state index in [1.54, 1.807) is 24.3 Å². The number of benzene rings is 3. The SMILES string of the molecule is CC(C)c1cccc(C(C)C)c1NC(=O)NC1CC1(c1ccc(F)cc1)c1ccc(F)cc1. The predicted octanol–water partition coefficient (Wildman–Crippen LogP) is 7.09. The molecule has 1 aliphatic carbocycles. The van der Waals surface area contributed by atoms with Crippen LogP contribution in [0.15, 0.2) is 66.7 Å². The Labute approximate surface area is 194 Å². The molecule has 0 heterocycles. The van der Waals surface area contributed by atoms with Gasteiger partial charge in [0.2, 0.25) is 0 Å². The second kappa shape index (κ2) is 8.97. The molecule has 3 nitrogen and oxygen atoms in total. The third-order valence-electron chi connectivity index (χ3n) is 6.60. The lowest BCUT2D eigenvalue weighted by Gasteiger charge is -2.22. The van der Waals surface area contributed by atoms with E-state index in [1.165, 1.54) is 24.3 Å². The number of carbonyl (C=O) groups excluding carboxylic acids is 1. The number of carbonyl (C=O) groups is 1. The summed E-state index contributed by atoms with van der Waals surface area (Å²) in [5, 5.41) is 6.22. The van der Waals surface area contributed by atoms with Gasteiger partial charge in [0, 0.05) is 17.1 Å². The minimum absolute atomic E-state index is 0.192. The zero-order valence-electron chi connectivity index (χ0n) is 19.5. The molecule has 0 aliphatic heterocycles. The van der Waals surface area contributed by atoms with Crippen LogP contribution in [0, 0.1) is 11.6 Å². The Hall–Kier alpha value is -3.21. The van der Waals surface area contributed by atoms with Gasteiger partial charge >= 0.3 is 6.03 Å². The number of hydrogen-bond acceptors (Lipinski definition) is 1. The van der Waals surface area contributed by atoms with E-state index in [0.717, 1.165) is 27.9 Å². The monoisotopic (exact) mass is 448 g/mol. The molecule has 5 heteroatoms. The maximum absolute atomic E-state index is 13.6. The summed E-state index contributed by atoms with van der Waals surface area (Å²) in [5.41, 5.74) is 4.32. The lowest BCUT2D eigenvalue weighted by molar-refractivity contribution is 0.251. The van der Waals surface area contributed by atoms with Gasteiger partial charge in [-0.3, -0.25) is 0 Å². The molecule has 1 fully saturated rings. The van der Waals surface area contributed by atoms with E-state index in [-0.39, 0.29) is 35.5 Å². The van der Waals surface area contributed by atoms with Crippen molar-refractivity contribution >= 4 is 11.7 Å². The van der Waals surface area contributed by atoms with Gasteiger partial charge in [-0.1, -0.05) is 70.2 Å². The summed E-state index contributed by atoms with van der Waals surface area (Å²) >= 11 is 0. The topological polar surface area (TPSA) is 41.1 Å². The van der Waals surface area contributed by atoms with Gasteiger partial charge in [-0.05, 0) is 64.8 Å². The van der Waals surface area contributed by atoms with E-state index in [4.69, 9.17) is 0 Å². The molecule has 1 unspecified atom stereocenters. The molecule has 2 amide bonds. The molecule has 0 radical (unpaired) electrons. The first-order valence-corrected chi connectivity index (χ1v) is 11.4. The third kappa shape index (κ3) is 4.50. The number of hydrogen-bond donors (Lipinski definition) is 2. The van der Waals surface area contributed by atoms with Gasteiger partial charge < -0.3 is 10.6 Å². The molecule has 3 aromatic carbocycles. The van der Waals surface area contributed by atoms with Crippen LogP contribution in [-0.4, -0.2) is 12.1 Å². The first kappa shape index (κ1) is 23.0. The summed E-state index contributed by atoms with van der Waals surface area (Å²) in [6.07, 6.45) is 0.653. The highest BCUT2D eigenvalue weighted by Gasteiger charge is 2.57. The van der Waals surface area contributed by atoms with Gasteiger partial charge in [0.25, 0.3) is 0 Å². The Balaban J connectivity index is 1.61. The van der Waals surface area contributed by atoms with Crippen LogP contribution in [0.5, 0.6) is 0 Å². The highest BCUT2D eigenvalue weighted by atomic mass is 19.1. The molecule has 1 aliphatic rings. The summed E-state index contributed by atoms with van der Waals surface area (Å²) in [5.74, 6) is -0.111. The van der Waals surface area contributed by atoms with Crippen LogP contribution < -0.4 is 10.6 Å². The molecule has 172 valence electrons. The molecule has 0 aromatic heterocycles. The number of rotatable bonds is 6. The molecular weight excluding hydrogens is 418 g/mol.